The van der Waals surface area contributed by atoms with Crippen LogP contribution >= 0.6 is 0 Å². The smallest absolute Gasteiger partial charge is 0.237 e. The van der Waals surface area contributed by atoms with E-state index in [1.807, 2.05) is 19.9 Å². The molecule has 1 aliphatic carbocycles. The topological polar surface area (TPSA) is 34.1 Å². The molecule has 100 valence electrons. The average Bonchev–Trinajstić information content (AvgIpc) is 2.34. The number of hydrogen-bond donors (Lipinski definition) is 1. The predicted molar refractivity (Wildman–Crippen MR) is 75.0 cm³/mol. The molecule has 0 spiro atoms. The van der Waals surface area contributed by atoms with E-state index < -0.39 is 0 Å². The summed E-state index contributed by atoms with van der Waals surface area (Å²) in [6.07, 6.45) is 7.19. The van der Waals surface area contributed by atoms with Crippen LogP contribution in [0.25, 0.3) is 0 Å². The lowest BCUT2D eigenvalue weighted by molar-refractivity contribution is 0.233. The molecule has 2 unspecified atom stereocenters. The van der Waals surface area contributed by atoms with Crippen LogP contribution in [0.4, 0.5) is 5.69 Å². The number of aromatic nitrogens is 1. The molecule has 1 fully saturated rings. The van der Waals surface area contributed by atoms with Crippen LogP contribution in [0.2, 0.25) is 0 Å². The summed E-state index contributed by atoms with van der Waals surface area (Å²) in [5.41, 5.74) is 1.03. The van der Waals surface area contributed by atoms with Gasteiger partial charge in [0, 0.05) is 12.2 Å². The number of pyridine rings is 1. The summed E-state index contributed by atoms with van der Waals surface area (Å²) in [6, 6.07) is 4.58. The summed E-state index contributed by atoms with van der Waals surface area (Å²) in [6.45, 7) is 6.39. The van der Waals surface area contributed by atoms with Crippen molar-refractivity contribution in [3.63, 3.8) is 0 Å². The van der Waals surface area contributed by atoms with Crippen LogP contribution in [-0.2, 0) is 0 Å². The van der Waals surface area contributed by atoms with E-state index in [0.29, 0.717) is 6.04 Å². The van der Waals surface area contributed by atoms with Gasteiger partial charge in [0.1, 0.15) is 0 Å². The molecule has 1 N–H and O–H groups in total. The van der Waals surface area contributed by atoms with Crippen molar-refractivity contribution < 1.29 is 4.74 Å². The molecule has 1 heterocycles. The van der Waals surface area contributed by atoms with Crippen molar-refractivity contribution in [3.05, 3.63) is 18.3 Å². The number of nitrogens with zero attached hydrogens (tertiary/aromatic N) is 1. The quantitative estimate of drug-likeness (QED) is 0.878. The molecule has 2 atom stereocenters. The van der Waals surface area contributed by atoms with Gasteiger partial charge < -0.3 is 10.1 Å². The van der Waals surface area contributed by atoms with Crippen molar-refractivity contribution in [2.45, 2.75) is 58.6 Å². The third kappa shape index (κ3) is 3.37. The monoisotopic (exact) mass is 248 g/mol. The molecule has 0 saturated heterocycles. The van der Waals surface area contributed by atoms with Crippen LogP contribution in [-0.4, -0.2) is 17.1 Å². The molecule has 0 bridgehead atoms. The lowest BCUT2D eigenvalue weighted by Crippen LogP contribution is -2.30. The van der Waals surface area contributed by atoms with Gasteiger partial charge >= 0.3 is 0 Å². The van der Waals surface area contributed by atoms with E-state index in [1.165, 1.54) is 25.7 Å². The first-order chi connectivity index (χ1) is 8.66. The number of ether oxygens (including phenoxy) is 1. The Balaban J connectivity index is 2.07. The third-order valence-corrected chi connectivity index (χ3v) is 3.57. The van der Waals surface area contributed by atoms with Gasteiger partial charge in [0.2, 0.25) is 5.88 Å². The standard InChI is InChI=1S/C15H24N2O/c1-11(2)18-15-14(9-6-10-16-15)17-13-8-5-4-7-12(13)3/h6,9-13,17H,4-5,7-8H2,1-3H3. The summed E-state index contributed by atoms with van der Waals surface area (Å²) in [5.74, 6) is 1.45. The predicted octanol–water partition coefficient (Wildman–Crippen LogP) is 3.86. The molecular weight excluding hydrogens is 224 g/mol. The van der Waals surface area contributed by atoms with Gasteiger partial charge in [-0.2, -0.15) is 0 Å². The number of anilines is 1. The maximum Gasteiger partial charge on any atom is 0.237 e. The zero-order valence-electron chi connectivity index (χ0n) is 11.6. The van der Waals surface area contributed by atoms with Gasteiger partial charge in [0.05, 0.1) is 11.8 Å². The highest BCUT2D eigenvalue weighted by atomic mass is 16.5. The highest BCUT2D eigenvalue weighted by Gasteiger charge is 2.22. The fourth-order valence-corrected chi connectivity index (χ4v) is 2.55. The van der Waals surface area contributed by atoms with Gasteiger partial charge in [0.25, 0.3) is 0 Å². The second kappa shape index (κ2) is 6.07. The molecule has 2 rings (SSSR count). The van der Waals surface area contributed by atoms with E-state index in [9.17, 15) is 0 Å². The van der Waals surface area contributed by atoms with Crippen LogP contribution in [0.1, 0.15) is 46.5 Å². The number of hydrogen-bond acceptors (Lipinski definition) is 3. The molecule has 1 aromatic rings. The Kier molecular flexibility index (Phi) is 4.45. The number of rotatable bonds is 4. The minimum atomic E-state index is 0.157. The van der Waals surface area contributed by atoms with E-state index >= 15 is 0 Å². The van der Waals surface area contributed by atoms with Crippen molar-refractivity contribution in [1.82, 2.24) is 4.98 Å². The summed E-state index contributed by atoms with van der Waals surface area (Å²) in [5, 5.41) is 3.62. The van der Waals surface area contributed by atoms with Gasteiger partial charge in [-0.25, -0.2) is 4.98 Å². The Morgan fingerprint density at radius 3 is 2.83 bits per heavy atom. The Morgan fingerprint density at radius 1 is 1.33 bits per heavy atom. The van der Waals surface area contributed by atoms with Gasteiger partial charge in [-0.3, -0.25) is 0 Å². The Bertz CT molecular complexity index is 379. The van der Waals surface area contributed by atoms with E-state index in [1.54, 1.807) is 6.20 Å². The Labute approximate surface area is 110 Å². The highest BCUT2D eigenvalue weighted by molar-refractivity contribution is 5.52. The second-order valence-corrected chi connectivity index (χ2v) is 5.54. The van der Waals surface area contributed by atoms with Crippen LogP contribution in [0.3, 0.4) is 0 Å². The SMILES string of the molecule is CC(C)Oc1ncccc1NC1CCCCC1C. The van der Waals surface area contributed by atoms with Crippen LogP contribution in [0.15, 0.2) is 18.3 Å². The minimum Gasteiger partial charge on any atom is -0.473 e. The van der Waals surface area contributed by atoms with Crippen LogP contribution in [0.5, 0.6) is 5.88 Å². The average molecular weight is 248 g/mol. The van der Waals surface area contributed by atoms with Crippen LogP contribution < -0.4 is 10.1 Å². The van der Waals surface area contributed by atoms with E-state index in [0.717, 1.165) is 17.5 Å². The van der Waals surface area contributed by atoms with E-state index in [4.69, 9.17) is 4.74 Å². The van der Waals surface area contributed by atoms with Gasteiger partial charge in [-0.15, -0.1) is 0 Å². The van der Waals surface area contributed by atoms with E-state index in [2.05, 4.69) is 23.3 Å². The molecule has 18 heavy (non-hydrogen) atoms. The van der Waals surface area contributed by atoms with Gasteiger partial charge in [0.15, 0.2) is 0 Å². The summed E-state index contributed by atoms with van der Waals surface area (Å²) in [7, 11) is 0. The lowest BCUT2D eigenvalue weighted by Gasteiger charge is -2.30. The van der Waals surface area contributed by atoms with Crippen molar-refractivity contribution >= 4 is 5.69 Å². The molecule has 3 heteroatoms. The minimum absolute atomic E-state index is 0.157. The number of nitrogens with one attached hydrogen (secondary N) is 1. The summed E-state index contributed by atoms with van der Waals surface area (Å²) >= 11 is 0. The Hall–Kier alpha value is -1.25. The van der Waals surface area contributed by atoms with Crippen LogP contribution in [0, 0.1) is 5.92 Å². The summed E-state index contributed by atoms with van der Waals surface area (Å²) < 4.78 is 5.75. The molecule has 1 saturated carbocycles. The first-order valence-electron chi connectivity index (χ1n) is 7.05. The maximum atomic E-state index is 5.75. The first kappa shape index (κ1) is 13.2. The lowest BCUT2D eigenvalue weighted by atomic mass is 9.86. The largest absolute Gasteiger partial charge is 0.473 e. The van der Waals surface area contributed by atoms with Gasteiger partial charge in [-0.05, 0) is 44.7 Å². The molecule has 0 aromatic carbocycles. The molecule has 0 radical (unpaired) electrons. The molecule has 1 aromatic heterocycles. The maximum absolute atomic E-state index is 5.75. The van der Waals surface area contributed by atoms with Gasteiger partial charge in [-0.1, -0.05) is 19.8 Å². The Morgan fingerprint density at radius 2 is 2.11 bits per heavy atom. The van der Waals surface area contributed by atoms with Crippen molar-refractivity contribution in [1.29, 1.82) is 0 Å². The zero-order chi connectivity index (χ0) is 13.0. The van der Waals surface area contributed by atoms with Crippen molar-refractivity contribution in [3.8, 4) is 5.88 Å². The van der Waals surface area contributed by atoms with Crippen molar-refractivity contribution in [2.24, 2.45) is 5.92 Å². The van der Waals surface area contributed by atoms with Crippen molar-refractivity contribution in [2.75, 3.05) is 5.32 Å². The molecule has 1 aliphatic rings. The van der Waals surface area contributed by atoms with E-state index in [-0.39, 0.29) is 6.10 Å². The fourth-order valence-electron chi connectivity index (χ4n) is 2.55. The second-order valence-electron chi connectivity index (χ2n) is 5.54. The normalized spacial score (nSPS) is 24.0. The zero-order valence-corrected chi connectivity index (χ0v) is 11.6. The molecular formula is C15H24N2O. The first-order valence-corrected chi connectivity index (χ1v) is 7.05. The highest BCUT2D eigenvalue weighted by Crippen LogP contribution is 2.30. The molecule has 0 amide bonds. The molecule has 0 aliphatic heterocycles. The fraction of sp³-hybridized carbons (Fsp3) is 0.667. The molecule has 3 nitrogen and oxygen atoms in total. The third-order valence-electron chi connectivity index (χ3n) is 3.57. The summed E-state index contributed by atoms with van der Waals surface area (Å²) in [4.78, 5) is 4.32.